The Balaban J connectivity index is 2.28. The highest BCUT2D eigenvalue weighted by Gasteiger charge is 2.09. The minimum absolute atomic E-state index is 0.00351. The van der Waals surface area contributed by atoms with Gasteiger partial charge in [-0.25, -0.2) is 0 Å². The Morgan fingerprint density at radius 3 is 2.48 bits per heavy atom. The molecule has 0 atom stereocenters. The molecule has 0 unspecified atom stereocenters. The summed E-state index contributed by atoms with van der Waals surface area (Å²) < 4.78 is 4.97. The third kappa shape index (κ3) is 6.02. The van der Waals surface area contributed by atoms with Crippen LogP contribution in [0.5, 0.6) is 11.5 Å². The molecule has 2 amide bonds. The summed E-state index contributed by atoms with van der Waals surface area (Å²) in [5.74, 6) is -0.0271. The number of carbonyl (C=O) groups excluding carboxylic acids is 2. The zero-order chi connectivity index (χ0) is 17.2. The zero-order valence-corrected chi connectivity index (χ0v) is 13.8. The summed E-state index contributed by atoms with van der Waals surface area (Å²) in [6, 6.07) is 4.45. The average Bonchev–Trinajstić information content (AvgIpc) is 2.57. The highest BCUT2D eigenvalue weighted by Crippen LogP contribution is 2.26. The van der Waals surface area contributed by atoms with Gasteiger partial charge < -0.3 is 20.5 Å². The summed E-state index contributed by atoms with van der Waals surface area (Å²) in [6.07, 6.45) is 3.31. The van der Waals surface area contributed by atoms with Crippen molar-refractivity contribution in [2.75, 3.05) is 20.2 Å². The second-order valence-corrected chi connectivity index (χ2v) is 5.08. The summed E-state index contributed by atoms with van der Waals surface area (Å²) in [7, 11) is 1.43. The normalized spacial score (nSPS) is 11.0. The number of aromatic hydroxyl groups is 1. The number of unbranched alkanes of at least 4 members (excludes halogenated alkanes) is 1. The molecule has 3 N–H and O–H groups in total. The Kier molecular flexibility index (Phi) is 7.66. The third-order valence-corrected chi connectivity index (χ3v) is 3.41. The van der Waals surface area contributed by atoms with Crippen molar-refractivity contribution in [1.29, 1.82) is 0 Å². The van der Waals surface area contributed by atoms with Gasteiger partial charge in [-0.1, -0.05) is 6.08 Å². The lowest BCUT2D eigenvalue weighted by Crippen LogP contribution is -2.27. The smallest absolute Gasteiger partial charge is 0.251 e. The van der Waals surface area contributed by atoms with Crippen LogP contribution < -0.4 is 15.4 Å². The van der Waals surface area contributed by atoms with Crippen molar-refractivity contribution in [3.8, 4) is 11.5 Å². The summed E-state index contributed by atoms with van der Waals surface area (Å²) >= 11 is 0. The first kappa shape index (κ1) is 18.5. The molecule has 23 heavy (non-hydrogen) atoms. The van der Waals surface area contributed by atoms with Gasteiger partial charge in [-0.15, -0.1) is 0 Å². The molecule has 0 saturated carbocycles. The topological polar surface area (TPSA) is 87.7 Å². The molecule has 0 bridgehead atoms. The van der Waals surface area contributed by atoms with E-state index in [4.69, 9.17) is 4.74 Å². The van der Waals surface area contributed by atoms with Crippen molar-refractivity contribution in [1.82, 2.24) is 10.6 Å². The Morgan fingerprint density at radius 1 is 1.22 bits per heavy atom. The molecule has 0 aliphatic carbocycles. The summed E-state index contributed by atoms with van der Waals surface area (Å²) in [4.78, 5) is 23.5. The van der Waals surface area contributed by atoms with Gasteiger partial charge in [0.15, 0.2) is 11.5 Å². The monoisotopic (exact) mass is 320 g/mol. The van der Waals surface area contributed by atoms with E-state index in [-0.39, 0.29) is 23.3 Å². The van der Waals surface area contributed by atoms with E-state index in [1.54, 1.807) is 13.0 Å². The molecular formula is C17H24N2O4. The standard InChI is InChI=1S/C17H24N2O4/c1-4-12(2)16(21)18-9-5-6-10-19-17(22)13-7-8-14(20)15(11-13)23-3/h4,7-8,11,20H,5-6,9-10H2,1-3H3,(H,18,21)(H,19,22)/b12-4+. The van der Waals surface area contributed by atoms with E-state index in [2.05, 4.69) is 10.6 Å². The van der Waals surface area contributed by atoms with E-state index in [0.29, 0.717) is 24.2 Å². The maximum atomic E-state index is 12.0. The molecule has 0 heterocycles. The number of hydrogen-bond donors (Lipinski definition) is 3. The number of benzene rings is 1. The van der Waals surface area contributed by atoms with Gasteiger partial charge in [0.2, 0.25) is 5.91 Å². The first-order valence-electron chi connectivity index (χ1n) is 7.56. The lowest BCUT2D eigenvalue weighted by Gasteiger charge is -2.08. The summed E-state index contributed by atoms with van der Waals surface area (Å²) in [5.41, 5.74) is 1.12. The van der Waals surface area contributed by atoms with Gasteiger partial charge in [0.25, 0.3) is 5.91 Å². The van der Waals surface area contributed by atoms with Gasteiger partial charge >= 0.3 is 0 Å². The van der Waals surface area contributed by atoms with Crippen LogP contribution in [0.25, 0.3) is 0 Å². The molecule has 0 spiro atoms. The van der Waals surface area contributed by atoms with Crippen LogP contribution in [0.2, 0.25) is 0 Å². The van der Waals surface area contributed by atoms with E-state index in [1.165, 1.54) is 25.3 Å². The Labute approximate surface area is 136 Å². The third-order valence-electron chi connectivity index (χ3n) is 3.41. The molecule has 0 aliphatic rings. The molecule has 0 aliphatic heterocycles. The first-order chi connectivity index (χ1) is 11.0. The largest absolute Gasteiger partial charge is 0.504 e. The average molecular weight is 320 g/mol. The van der Waals surface area contributed by atoms with Gasteiger partial charge in [0.05, 0.1) is 7.11 Å². The Bertz CT molecular complexity index is 582. The predicted octanol–water partition coefficient (Wildman–Crippen LogP) is 1.99. The van der Waals surface area contributed by atoms with Crippen LogP contribution in [0, 0.1) is 0 Å². The molecule has 6 heteroatoms. The van der Waals surface area contributed by atoms with Crippen LogP contribution >= 0.6 is 0 Å². The lowest BCUT2D eigenvalue weighted by molar-refractivity contribution is -0.117. The van der Waals surface area contributed by atoms with Crippen LogP contribution in [0.3, 0.4) is 0 Å². The highest BCUT2D eigenvalue weighted by molar-refractivity contribution is 5.94. The number of amides is 2. The molecule has 6 nitrogen and oxygen atoms in total. The van der Waals surface area contributed by atoms with Crippen LogP contribution in [-0.4, -0.2) is 37.1 Å². The van der Waals surface area contributed by atoms with E-state index in [9.17, 15) is 14.7 Å². The number of carbonyl (C=O) groups is 2. The maximum absolute atomic E-state index is 12.0. The zero-order valence-electron chi connectivity index (χ0n) is 13.8. The van der Waals surface area contributed by atoms with Crippen LogP contribution in [0.1, 0.15) is 37.0 Å². The van der Waals surface area contributed by atoms with E-state index >= 15 is 0 Å². The fourth-order valence-electron chi connectivity index (χ4n) is 1.85. The SMILES string of the molecule is C/C=C(\C)C(=O)NCCCCNC(=O)c1ccc(O)c(OC)c1. The molecule has 1 aromatic carbocycles. The highest BCUT2D eigenvalue weighted by atomic mass is 16.5. The van der Waals surface area contributed by atoms with Gasteiger partial charge in [-0.05, 0) is 44.9 Å². The fourth-order valence-corrected chi connectivity index (χ4v) is 1.85. The van der Waals surface area contributed by atoms with E-state index < -0.39 is 0 Å². The van der Waals surface area contributed by atoms with E-state index in [0.717, 1.165) is 12.8 Å². The Hall–Kier alpha value is -2.50. The first-order valence-corrected chi connectivity index (χ1v) is 7.56. The van der Waals surface area contributed by atoms with Crippen LogP contribution in [-0.2, 0) is 4.79 Å². The molecule has 0 saturated heterocycles. The molecule has 1 rings (SSSR count). The van der Waals surface area contributed by atoms with Gasteiger partial charge in [0, 0.05) is 24.2 Å². The number of rotatable bonds is 8. The van der Waals surface area contributed by atoms with Crippen molar-refractivity contribution in [2.24, 2.45) is 0 Å². The molecule has 126 valence electrons. The second-order valence-electron chi connectivity index (χ2n) is 5.08. The predicted molar refractivity (Wildman–Crippen MR) is 88.7 cm³/mol. The molecule has 0 fully saturated rings. The quantitative estimate of drug-likeness (QED) is 0.505. The number of ether oxygens (including phenoxy) is 1. The number of methoxy groups -OCH3 is 1. The lowest BCUT2D eigenvalue weighted by atomic mass is 10.2. The molecule has 0 aromatic heterocycles. The van der Waals surface area contributed by atoms with Crippen LogP contribution in [0.4, 0.5) is 0 Å². The number of nitrogens with one attached hydrogen (secondary N) is 2. The molecular weight excluding hydrogens is 296 g/mol. The fraction of sp³-hybridized carbons (Fsp3) is 0.412. The summed E-state index contributed by atoms with van der Waals surface area (Å²) in [5, 5.41) is 15.1. The Morgan fingerprint density at radius 2 is 1.87 bits per heavy atom. The molecule has 1 aromatic rings. The number of hydrogen-bond acceptors (Lipinski definition) is 4. The van der Waals surface area contributed by atoms with Crippen molar-refractivity contribution in [2.45, 2.75) is 26.7 Å². The second kappa shape index (κ2) is 9.50. The minimum atomic E-state index is -0.225. The molecule has 0 radical (unpaired) electrons. The van der Waals surface area contributed by atoms with Crippen molar-refractivity contribution in [3.05, 3.63) is 35.4 Å². The van der Waals surface area contributed by atoms with Crippen molar-refractivity contribution >= 4 is 11.8 Å². The minimum Gasteiger partial charge on any atom is -0.504 e. The maximum Gasteiger partial charge on any atom is 0.251 e. The van der Waals surface area contributed by atoms with Gasteiger partial charge in [-0.3, -0.25) is 9.59 Å². The number of phenolic OH excluding ortho intramolecular Hbond substituents is 1. The van der Waals surface area contributed by atoms with Crippen molar-refractivity contribution in [3.63, 3.8) is 0 Å². The van der Waals surface area contributed by atoms with E-state index in [1.807, 2.05) is 6.92 Å². The number of phenols is 1. The number of allylic oxidation sites excluding steroid dienone is 1. The van der Waals surface area contributed by atoms with Gasteiger partial charge in [0.1, 0.15) is 0 Å². The van der Waals surface area contributed by atoms with Gasteiger partial charge in [-0.2, -0.15) is 0 Å². The van der Waals surface area contributed by atoms with Crippen molar-refractivity contribution < 1.29 is 19.4 Å². The van der Waals surface area contributed by atoms with Crippen LogP contribution in [0.15, 0.2) is 29.8 Å². The summed E-state index contributed by atoms with van der Waals surface area (Å²) in [6.45, 7) is 4.68.